The van der Waals surface area contributed by atoms with Gasteiger partial charge in [0.1, 0.15) is 16.2 Å². The van der Waals surface area contributed by atoms with Crippen LogP contribution in [0.3, 0.4) is 0 Å². The first-order chi connectivity index (χ1) is 14.6. The lowest BCUT2D eigenvalue weighted by molar-refractivity contribution is -0.122. The van der Waals surface area contributed by atoms with Crippen molar-refractivity contribution in [3.63, 3.8) is 0 Å². The van der Waals surface area contributed by atoms with E-state index in [-0.39, 0.29) is 12.0 Å². The van der Waals surface area contributed by atoms with Gasteiger partial charge in [-0.1, -0.05) is 96.8 Å². The van der Waals surface area contributed by atoms with E-state index < -0.39 is 0 Å². The van der Waals surface area contributed by atoms with E-state index in [0.29, 0.717) is 15.8 Å². The Morgan fingerprint density at radius 1 is 0.967 bits per heavy atom. The van der Waals surface area contributed by atoms with E-state index in [0.717, 1.165) is 22.4 Å². The maximum absolute atomic E-state index is 12.8. The largest absolute Gasteiger partial charge is 0.486 e. The van der Waals surface area contributed by atoms with Gasteiger partial charge in [-0.15, -0.1) is 0 Å². The zero-order valence-corrected chi connectivity index (χ0v) is 18.2. The van der Waals surface area contributed by atoms with Crippen LogP contribution in [0.5, 0.6) is 5.75 Å². The second-order valence-electron chi connectivity index (χ2n) is 6.99. The summed E-state index contributed by atoms with van der Waals surface area (Å²) < 4.78 is 6.61. The molecule has 0 N–H and O–H groups in total. The van der Waals surface area contributed by atoms with Gasteiger partial charge < -0.3 is 4.74 Å². The molecule has 0 saturated carbocycles. The molecular weight excluding hydrogens is 410 g/mol. The molecule has 3 aromatic carbocycles. The van der Waals surface area contributed by atoms with Gasteiger partial charge in [0.25, 0.3) is 5.91 Å². The Labute approximate surface area is 186 Å². The Bertz CT molecular complexity index is 1060. The summed E-state index contributed by atoms with van der Waals surface area (Å²) in [6.07, 6.45) is 1.85. The highest BCUT2D eigenvalue weighted by atomic mass is 32.2. The van der Waals surface area contributed by atoms with Crippen LogP contribution in [0.25, 0.3) is 6.08 Å². The summed E-state index contributed by atoms with van der Waals surface area (Å²) in [6.45, 7) is 2.52. The van der Waals surface area contributed by atoms with Crippen LogP contribution >= 0.6 is 24.0 Å². The summed E-state index contributed by atoms with van der Waals surface area (Å²) in [4.78, 5) is 15.1. The van der Waals surface area contributed by atoms with E-state index >= 15 is 0 Å². The van der Waals surface area contributed by atoms with Crippen molar-refractivity contribution in [3.8, 4) is 5.75 Å². The van der Waals surface area contributed by atoms with Crippen LogP contribution in [-0.4, -0.2) is 15.1 Å². The molecule has 0 radical (unpaired) electrons. The van der Waals surface area contributed by atoms with Crippen molar-refractivity contribution in [2.24, 2.45) is 0 Å². The van der Waals surface area contributed by atoms with Crippen molar-refractivity contribution in [1.82, 2.24) is 4.90 Å². The number of benzene rings is 3. The van der Waals surface area contributed by atoms with Crippen molar-refractivity contribution >= 4 is 40.3 Å². The third kappa shape index (κ3) is 4.81. The van der Waals surface area contributed by atoms with Crippen LogP contribution in [-0.2, 0) is 11.3 Å². The number of amides is 1. The van der Waals surface area contributed by atoms with Gasteiger partial charge >= 0.3 is 0 Å². The summed E-state index contributed by atoms with van der Waals surface area (Å²) in [5.41, 5.74) is 3.13. The predicted octanol–water partition coefficient (Wildman–Crippen LogP) is 6.23. The molecule has 30 heavy (non-hydrogen) atoms. The number of hydrogen-bond donors (Lipinski definition) is 0. The van der Waals surface area contributed by atoms with E-state index in [1.165, 1.54) is 11.8 Å². The Morgan fingerprint density at radius 2 is 1.60 bits per heavy atom. The molecule has 4 rings (SSSR count). The molecular formula is C25H21NO2S2. The van der Waals surface area contributed by atoms with Gasteiger partial charge in [-0.05, 0) is 41.8 Å². The average molecular weight is 432 g/mol. The van der Waals surface area contributed by atoms with Crippen LogP contribution < -0.4 is 4.74 Å². The zero-order chi connectivity index (χ0) is 20.9. The van der Waals surface area contributed by atoms with Crippen molar-refractivity contribution in [3.05, 3.63) is 107 Å². The van der Waals surface area contributed by atoms with E-state index in [9.17, 15) is 4.79 Å². The fraction of sp³-hybridized carbons (Fsp3) is 0.120. The summed E-state index contributed by atoms with van der Waals surface area (Å²) in [5, 5.41) is 0. The second-order valence-corrected chi connectivity index (χ2v) is 8.67. The van der Waals surface area contributed by atoms with Crippen LogP contribution in [0, 0.1) is 0 Å². The van der Waals surface area contributed by atoms with Gasteiger partial charge in [0.2, 0.25) is 0 Å². The molecule has 0 bridgehead atoms. The van der Waals surface area contributed by atoms with Crippen LogP contribution in [0.4, 0.5) is 0 Å². The molecule has 1 aliphatic rings. The fourth-order valence-electron chi connectivity index (χ4n) is 3.19. The number of ether oxygens (including phenoxy) is 1. The monoisotopic (exact) mass is 431 g/mol. The van der Waals surface area contributed by atoms with E-state index in [1.807, 2.05) is 85.8 Å². The Balaban J connectivity index is 1.43. The first-order valence-corrected chi connectivity index (χ1v) is 10.9. The molecule has 0 aliphatic carbocycles. The van der Waals surface area contributed by atoms with Crippen molar-refractivity contribution in [2.45, 2.75) is 19.6 Å². The number of thiocarbonyl (C=S) groups is 1. The normalized spacial score (nSPS) is 16.2. The fourth-order valence-corrected chi connectivity index (χ4v) is 4.45. The third-order valence-corrected chi connectivity index (χ3v) is 6.19. The van der Waals surface area contributed by atoms with Gasteiger partial charge in [0.15, 0.2) is 0 Å². The molecule has 1 amide bonds. The molecule has 1 fully saturated rings. The molecule has 1 heterocycles. The standard InChI is InChI=1S/C25H21NO2S2/c1-18(21-10-6-3-7-11-21)28-22-14-12-19(13-15-22)16-23-24(27)26(25(29)30-23)17-20-8-4-2-5-9-20/h2-16,18H,17H2,1H3/b23-16+. The van der Waals surface area contributed by atoms with E-state index in [4.69, 9.17) is 17.0 Å². The highest BCUT2D eigenvalue weighted by molar-refractivity contribution is 8.26. The Kier molecular flexibility index (Phi) is 6.31. The van der Waals surface area contributed by atoms with Crippen molar-refractivity contribution in [2.75, 3.05) is 0 Å². The summed E-state index contributed by atoms with van der Waals surface area (Å²) in [7, 11) is 0. The molecule has 5 heteroatoms. The SMILES string of the molecule is CC(Oc1ccc(/C=C2/SC(=S)N(Cc3ccccc3)C2=O)cc1)c1ccccc1. The predicted molar refractivity (Wildman–Crippen MR) is 127 cm³/mol. The van der Waals surface area contributed by atoms with Crippen LogP contribution in [0.15, 0.2) is 89.8 Å². The molecule has 1 saturated heterocycles. The highest BCUT2D eigenvalue weighted by Gasteiger charge is 2.31. The van der Waals surface area contributed by atoms with Crippen LogP contribution in [0.1, 0.15) is 29.7 Å². The molecule has 1 atom stereocenters. The zero-order valence-electron chi connectivity index (χ0n) is 16.5. The summed E-state index contributed by atoms with van der Waals surface area (Å²) >= 11 is 6.78. The number of carbonyl (C=O) groups excluding carboxylic acids is 1. The third-order valence-electron chi connectivity index (χ3n) is 4.82. The van der Waals surface area contributed by atoms with Gasteiger partial charge in [-0.3, -0.25) is 9.69 Å². The number of nitrogens with zero attached hydrogens (tertiary/aromatic N) is 1. The van der Waals surface area contributed by atoms with E-state index in [2.05, 4.69) is 12.1 Å². The molecule has 0 aromatic heterocycles. The molecule has 150 valence electrons. The Morgan fingerprint density at radius 3 is 2.27 bits per heavy atom. The van der Waals surface area contributed by atoms with Gasteiger partial charge in [0, 0.05) is 0 Å². The number of thioether (sulfide) groups is 1. The second kappa shape index (κ2) is 9.28. The molecule has 1 aliphatic heterocycles. The number of rotatable bonds is 6. The maximum atomic E-state index is 12.8. The minimum Gasteiger partial charge on any atom is -0.486 e. The van der Waals surface area contributed by atoms with Crippen molar-refractivity contribution < 1.29 is 9.53 Å². The van der Waals surface area contributed by atoms with Gasteiger partial charge in [-0.2, -0.15) is 0 Å². The minimum absolute atomic E-state index is 0.0358. The smallest absolute Gasteiger partial charge is 0.266 e. The average Bonchev–Trinajstić information content (AvgIpc) is 3.04. The molecule has 0 spiro atoms. The molecule has 3 aromatic rings. The highest BCUT2D eigenvalue weighted by Crippen LogP contribution is 2.34. The number of carbonyl (C=O) groups is 1. The van der Waals surface area contributed by atoms with Gasteiger partial charge in [-0.25, -0.2) is 0 Å². The lowest BCUT2D eigenvalue weighted by Gasteiger charge is -2.15. The molecule has 3 nitrogen and oxygen atoms in total. The molecule has 1 unspecified atom stereocenters. The quantitative estimate of drug-likeness (QED) is 0.342. The summed E-state index contributed by atoms with van der Waals surface area (Å²) in [6, 6.07) is 27.8. The first-order valence-electron chi connectivity index (χ1n) is 9.71. The number of hydrogen-bond acceptors (Lipinski definition) is 4. The minimum atomic E-state index is -0.0492. The maximum Gasteiger partial charge on any atom is 0.266 e. The van der Waals surface area contributed by atoms with E-state index in [1.54, 1.807) is 4.90 Å². The van der Waals surface area contributed by atoms with Crippen molar-refractivity contribution in [1.29, 1.82) is 0 Å². The van der Waals surface area contributed by atoms with Gasteiger partial charge in [0.05, 0.1) is 11.4 Å². The Hall–Kier alpha value is -2.89. The topological polar surface area (TPSA) is 29.5 Å². The summed E-state index contributed by atoms with van der Waals surface area (Å²) in [5.74, 6) is 0.743. The lowest BCUT2D eigenvalue weighted by Crippen LogP contribution is -2.27. The first kappa shape index (κ1) is 20.4. The van der Waals surface area contributed by atoms with Crippen LogP contribution in [0.2, 0.25) is 0 Å². The lowest BCUT2D eigenvalue weighted by atomic mass is 10.1.